The van der Waals surface area contributed by atoms with Gasteiger partial charge in [-0.05, 0) is 55.2 Å². The molecule has 0 unspecified atom stereocenters. The monoisotopic (exact) mass is 510 g/mol. The van der Waals surface area contributed by atoms with E-state index < -0.39 is 0 Å². The van der Waals surface area contributed by atoms with Gasteiger partial charge < -0.3 is 20.9 Å². The van der Waals surface area contributed by atoms with Gasteiger partial charge >= 0.3 is 0 Å². The van der Waals surface area contributed by atoms with Crippen LogP contribution in [-0.2, 0) is 6.42 Å². The summed E-state index contributed by atoms with van der Waals surface area (Å²) in [5.74, 6) is 1.48. The first-order valence-corrected chi connectivity index (χ1v) is 9.61. The highest BCUT2D eigenvalue weighted by atomic mass is 127. The Kier molecular flexibility index (Phi) is 9.69. The molecule has 29 heavy (non-hydrogen) atoms. The number of hydrogen-bond donors (Lipinski definition) is 4. The molecule has 0 aliphatic heterocycles. The van der Waals surface area contributed by atoms with Gasteiger partial charge in [-0.2, -0.15) is 0 Å². The van der Waals surface area contributed by atoms with Gasteiger partial charge in [-0.3, -0.25) is 4.99 Å². The fraction of sp³-hybridized carbons (Fsp3) is 0.333. The number of benzene rings is 1. The molecule has 0 aliphatic rings. The van der Waals surface area contributed by atoms with Crippen molar-refractivity contribution in [1.82, 2.24) is 20.6 Å². The Morgan fingerprint density at radius 3 is 2.72 bits per heavy atom. The maximum Gasteiger partial charge on any atom is 0.190 e. The first-order chi connectivity index (χ1) is 13.8. The van der Waals surface area contributed by atoms with E-state index in [-0.39, 0.29) is 29.8 Å². The van der Waals surface area contributed by atoms with Crippen molar-refractivity contribution in [3.8, 4) is 0 Å². The molecule has 0 saturated heterocycles. The molecule has 2 heterocycles. The number of H-pyrrole nitrogens is 1. The fourth-order valence-electron chi connectivity index (χ4n) is 3.03. The zero-order valence-electron chi connectivity index (χ0n) is 16.5. The van der Waals surface area contributed by atoms with Crippen LogP contribution < -0.4 is 16.0 Å². The van der Waals surface area contributed by atoms with Crippen molar-refractivity contribution in [2.75, 3.05) is 32.0 Å². The highest BCUT2D eigenvalue weighted by molar-refractivity contribution is 14.0. The molecule has 8 heteroatoms. The van der Waals surface area contributed by atoms with E-state index in [4.69, 9.17) is 0 Å². The van der Waals surface area contributed by atoms with Crippen molar-refractivity contribution in [2.45, 2.75) is 19.3 Å². The lowest BCUT2D eigenvalue weighted by Gasteiger charge is -2.12. The molecule has 0 bridgehead atoms. The maximum atomic E-state index is 13.5. The van der Waals surface area contributed by atoms with Gasteiger partial charge in [0.15, 0.2) is 5.96 Å². The lowest BCUT2D eigenvalue weighted by molar-refractivity contribution is 0.629. The van der Waals surface area contributed by atoms with Gasteiger partial charge in [0.1, 0.15) is 11.6 Å². The third-order valence-corrected chi connectivity index (χ3v) is 4.51. The molecule has 6 nitrogen and oxygen atoms in total. The molecule has 0 aliphatic carbocycles. The number of rotatable bonds is 9. The van der Waals surface area contributed by atoms with Gasteiger partial charge in [0, 0.05) is 50.0 Å². The molecule has 0 atom stereocenters. The molecule has 2 aromatic heterocycles. The van der Waals surface area contributed by atoms with E-state index in [0.717, 1.165) is 67.1 Å². The van der Waals surface area contributed by atoms with Gasteiger partial charge in [0.05, 0.1) is 0 Å². The maximum absolute atomic E-state index is 13.5. The van der Waals surface area contributed by atoms with Crippen molar-refractivity contribution in [3.63, 3.8) is 0 Å². The van der Waals surface area contributed by atoms with Crippen LogP contribution in [0.5, 0.6) is 0 Å². The second kappa shape index (κ2) is 12.3. The van der Waals surface area contributed by atoms with Crippen LogP contribution in [0.4, 0.5) is 10.2 Å². The summed E-state index contributed by atoms with van der Waals surface area (Å²) in [7, 11) is 1.76. The number of fused-ring (bicyclic) bond motifs is 1. The fourth-order valence-corrected chi connectivity index (χ4v) is 3.03. The molecule has 156 valence electrons. The van der Waals surface area contributed by atoms with Crippen LogP contribution in [0, 0.1) is 5.82 Å². The van der Waals surface area contributed by atoms with Gasteiger partial charge in [-0.1, -0.05) is 6.07 Å². The zero-order chi connectivity index (χ0) is 19.6. The van der Waals surface area contributed by atoms with E-state index in [0.29, 0.717) is 0 Å². The third kappa shape index (κ3) is 7.19. The van der Waals surface area contributed by atoms with E-state index in [1.165, 1.54) is 6.07 Å². The Morgan fingerprint density at radius 2 is 1.93 bits per heavy atom. The van der Waals surface area contributed by atoms with Crippen molar-refractivity contribution < 1.29 is 4.39 Å². The molecule has 0 saturated carbocycles. The number of nitrogens with one attached hydrogen (secondary N) is 4. The van der Waals surface area contributed by atoms with Crippen LogP contribution in [-0.4, -0.2) is 42.6 Å². The number of aromatic nitrogens is 2. The molecular formula is C21H28FIN6. The highest BCUT2D eigenvalue weighted by Crippen LogP contribution is 2.19. The molecule has 1 aromatic carbocycles. The highest BCUT2D eigenvalue weighted by Gasteiger charge is 2.05. The SMILES string of the molecule is CN=C(NCCCCNc1ccccn1)NCCc1c[nH]c2ccc(F)cc12.I. The van der Waals surface area contributed by atoms with Crippen LogP contribution >= 0.6 is 24.0 Å². The Hall–Kier alpha value is -2.36. The number of hydrogen-bond acceptors (Lipinski definition) is 3. The van der Waals surface area contributed by atoms with Crippen molar-refractivity contribution in [3.05, 3.63) is 60.2 Å². The summed E-state index contributed by atoms with van der Waals surface area (Å²) in [5.41, 5.74) is 2.05. The summed E-state index contributed by atoms with van der Waals surface area (Å²) in [5, 5.41) is 10.9. The number of guanidine groups is 1. The minimum atomic E-state index is -0.212. The summed E-state index contributed by atoms with van der Waals surface area (Å²) in [4.78, 5) is 11.7. The Balaban J connectivity index is 0.00000300. The average Bonchev–Trinajstić information content (AvgIpc) is 3.12. The number of anilines is 1. The van der Waals surface area contributed by atoms with Gasteiger partial charge in [-0.25, -0.2) is 9.37 Å². The normalized spacial score (nSPS) is 11.2. The van der Waals surface area contributed by atoms with Gasteiger partial charge in [-0.15, -0.1) is 24.0 Å². The molecule has 0 amide bonds. The molecule has 3 rings (SSSR count). The quantitative estimate of drug-likeness (QED) is 0.152. The Bertz CT molecular complexity index is 897. The number of aliphatic imine (C=N–C) groups is 1. The van der Waals surface area contributed by atoms with Crippen molar-refractivity contribution in [1.29, 1.82) is 0 Å². The molecule has 0 spiro atoms. The molecule has 4 N–H and O–H groups in total. The summed E-state index contributed by atoms with van der Waals surface area (Å²) in [6, 6.07) is 10.7. The average molecular weight is 510 g/mol. The summed E-state index contributed by atoms with van der Waals surface area (Å²) in [6.07, 6.45) is 6.59. The Morgan fingerprint density at radius 1 is 1.10 bits per heavy atom. The van der Waals surface area contributed by atoms with Crippen molar-refractivity contribution in [2.24, 2.45) is 4.99 Å². The van der Waals surface area contributed by atoms with E-state index in [1.807, 2.05) is 24.4 Å². The topological polar surface area (TPSA) is 77.1 Å². The van der Waals surface area contributed by atoms with Gasteiger partial charge in [0.25, 0.3) is 0 Å². The van der Waals surface area contributed by atoms with Crippen LogP contribution in [0.3, 0.4) is 0 Å². The van der Waals surface area contributed by atoms with E-state index >= 15 is 0 Å². The number of pyridine rings is 1. The minimum Gasteiger partial charge on any atom is -0.370 e. The first kappa shape index (κ1) is 22.9. The predicted octanol–water partition coefficient (Wildman–Crippen LogP) is 3.92. The van der Waals surface area contributed by atoms with E-state index in [2.05, 4.69) is 30.9 Å². The second-order valence-electron chi connectivity index (χ2n) is 6.53. The number of aromatic amines is 1. The standard InChI is InChI=1S/C21H27FN6.HI/c1-23-21(26-12-5-4-11-25-20-6-2-3-10-24-20)27-13-9-16-15-28-19-8-7-17(22)14-18(16)19;/h2-3,6-8,10,14-15,28H,4-5,9,11-13H2,1H3,(H,24,25)(H2,23,26,27);1H. The molecular weight excluding hydrogens is 482 g/mol. The van der Waals surface area contributed by atoms with Crippen LogP contribution in [0.1, 0.15) is 18.4 Å². The third-order valence-electron chi connectivity index (χ3n) is 4.51. The smallest absolute Gasteiger partial charge is 0.190 e. The summed E-state index contributed by atoms with van der Waals surface area (Å²) < 4.78 is 13.5. The van der Waals surface area contributed by atoms with Crippen LogP contribution in [0.15, 0.2) is 53.8 Å². The number of nitrogens with zero attached hydrogens (tertiary/aromatic N) is 2. The molecule has 3 aromatic rings. The summed E-state index contributed by atoms with van der Waals surface area (Å²) >= 11 is 0. The van der Waals surface area contributed by atoms with Crippen molar-refractivity contribution >= 4 is 46.7 Å². The Labute approximate surface area is 187 Å². The van der Waals surface area contributed by atoms with Crippen LogP contribution in [0.2, 0.25) is 0 Å². The lowest BCUT2D eigenvalue weighted by atomic mass is 10.1. The lowest BCUT2D eigenvalue weighted by Crippen LogP contribution is -2.38. The van der Waals surface area contributed by atoms with E-state index in [9.17, 15) is 4.39 Å². The predicted molar refractivity (Wildman–Crippen MR) is 129 cm³/mol. The molecule has 0 radical (unpaired) electrons. The number of halogens is 2. The number of unbranched alkanes of at least 4 members (excludes halogenated alkanes) is 1. The second-order valence-corrected chi connectivity index (χ2v) is 6.53. The largest absolute Gasteiger partial charge is 0.370 e. The summed E-state index contributed by atoms with van der Waals surface area (Å²) in [6.45, 7) is 2.47. The molecule has 0 fully saturated rings. The van der Waals surface area contributed by atoms with E-state index in [1.54, 1.807) is 25.4 Å². The van der Waals surface area contributed by atoms with Gasteiger partial charge in [0.2, 0.25) is 0 Å². The first-order valence-electron chi connectivity index (χ1n) is 9.61. The minimum absolute atomic E-state index is 0. The van der Waals surface area contributed by atoms with Crippen LogP contribution in [0.25, 0.3) is 10.9 Å². The zero-order valence-corrected chi connectivity index (χ0v) is 18.9.